The van der Waals surface area contributed by atoms with E-state index in [9.17, 15) is 4.79 Å². The molecule has 0 radical (unpaired) electrons. The van der Waals surface area contributed by atoms with Gasteiger partial charge < -0.3 is 0 Å². The minimum Gasteiger partial charge on any atom is -0.267 e. The van der Waals surface area contributed by atoms with Crippen molar-refractivity contribution in [2.45, 2.75) is 0 Å². The predicted octanol–water partition coefficient (Wildman–Crippen LogP) is 1.90. The standard InChI is InChI=1S/C9H5N3OS2/c13-8-6-3-1-2-4-7(6)15-12(8)9-11-10-5-14-9/h1-5H. The highest BCUT2D eigenvalue weighted by Crippen LogP contribution is 2.19. The summed E-state index contributed by atoms with van der Waals surface area (Å²) in [6.45, 7) is 0. The van der Waals surface area contributed by atoms with Crippen molar-refractivity contribution < 1.29 is 0 Å². The minimum atomic E-state index is -0.0210. The lowest BCUT2D eigenvalue weighted by molar-refractivity contribution is 1.00. The number of rotatable bonds is 1. The summed E-state index contributed by atoms with van der Waals surface area (Å²) in [6, 6.07) is 7.54. The zero-order valence-corrected chi connectivity index (χ0v) is 9.09. The van der Waals surface area contributed by atoms with Gasteiger partial charge in [0.2, 0.25) is 5.13 Å². The van der Waals surface area contributed by atoms with E-state index in [4.69, 9.17) is 0 Å². The van der Waals surface area contributed by atoms with Gasteiger partial charge in [-0.3, -0.25) is 4.79 Å². The Morgan fingerprint density at radius 3 is 2.87 bits per heavy atom. The molecule has 1 aromatic carbocycles. The lowest BCUT2D eigenvalue weighted by Gasteiger charge is -1.88. The summed E-state index contributed by atoms with van der Waals surface area (Å²) in [4.78, 5) is 11.9. The molecule has 3 aromatic rings. The Kier molecular flexibility index (Phi) is 1.90. The summed E-state index contributed by atoms with van der Waals surface area (Å²) in [6.07, 6.45) is 0. The minimum absolute atomic E-state index is 0.0210. The quantitative estimate of drug-likeness (QED) is 0.647. The molecule has 0 aliphatic heterocycles. The molecule has 2 aromatic heterocycles. The molecule has 0 amide bonds. The van der Waals surface area contributed by atoms with E-state index in [1.54, 1.807) is 9.47 Å². The van der Waals surface area contributed by atoms with Crippen LogP contribution in [0.5, 0.6) is 0 Å². The second-order valence-electron chi connectivity index (χ2n) is 2.91. The fraction of sp³-hybridized carbons (Fsp3) is 0. The van der Waals surface area contributed by atoms with Gasteiger partial charge >= 0.3 is 0 Å². The highest BCUT2D eigenvalue weighted by atomic mass is 32.1. The van der Waals surface area contributed by atoms with Gasteiger partial charge in [-0.2, -0.15) is 0 Å². The second kappa shape index (κ2) is 3.25. The van der Waals surface area contributed by atoms with E-state index >= 15 is 0 Å². The SMILES string of the molecule is O=c1c2ccccc2sn1-c1nncs1. The van der Waals surface area contributed by atoms with Crippen LogP contribution in [0.25, 0.3) is 15.2 Å². The maximum Gasteiger partial charge on any atom is 0.275 e. The van der Waals surface area contributed by atoms with Crippen LogP contribution in [0.2, 0.25) is 0 Å². The molecule has 0 saturated heterocycles. The molecule has 0 aliphatic carbocycles. The van der Waals surface area contributed by atoms with Gasteiger partial charge in [-0.05, 0) is 23.7 Å². The highest BCUT2D eigenvalue weighted by molar-refractivity contribution is 7.17. The van der Waals surface area contributed by atoms with E-state index in [1.807, 2.05) is 24.3 Å². The number of hydrogen-bond donors (Lipinski definition) is 0. The van der Waals surface area contributed by atoms with Gasteiger partial charge in [-0.15, -0.1) is 10.2 Å². The van der Waals surface area contributed by atoms with Crippen molar-refractivity contribution in [3.05, 3.63) is 40.1 Å². The molecule has 0 spiro atoms. The van der Waals surface area contributed by atoms with E-state index in [0.29, 0.717) is 5.13 Å². The number of benzene rings is 1. The van der Waals surface area contributed by atoms with Gasteiger partial charge in [0, 0.05) is 0 Å². The fourth-order valence-electron chi connectivity index (χ4n) is 1.35. The molecule has 0 unspecified atom stereocenters. The number of hydrogen-bond acceptors (Lipinski definition) is 5. The topological polar surface area (TPSA) is 47.8 Å². The van der Waals surface area contributed by atoms with Crippen LogP contribution < -0.4 is 5.56 Å². The van der Waals surface area contributed by atoms with Gasteiger partial charge in [0.1, 0.15) is 5.51 Å². The van der Waals surface area contributed by atoms with Crippen molar-refractivity contribution in [1.82, 2.24) is 14.2 Å². The molecule has 0 bridgehead atoms. The smallest absolute Gasteiger partial charge is 0.267 e. The summed E-state index contributed by atoms with van der Waals surface area (Å²) in [5, 5.41) is 8.97. The van der Waals surface area contributed by atoms with E-state index < -0.39 is 0 Å². The predicted molar refractivity (Wildman–Crippen MR) is 60.9 cm³/mol. The van der Waals surface area contributed by atoms with Gasteiger partial charge in [0.05, 0.1) is 10.1 Å². The summed E-state index contributed by atoms with van der Waals surface area (Å²) in [5.74, 6) is 0. The molecule has 0 fully saturated rings. The van der Waals surface area contributed by atoms with E-state index in [1.165, 1.54) is 22.9 Å². The van der Waals surface area contributed by atoms with Gasteiger partial charge in [0.15, 0.2) is 0 Å². The summed E-state index contributed by atoms with van der Waals surface area (Å²) >= 11 is 2.75. The van der Waals surface area contributed by atoms with E-state index in [-0.39, 0.29) is 5.56 Å². The Bertz CT molecular complexity index is 653. The van der Waals surface area contributed by atoms with Crippen molar-refractivity contribution in [3.63, 3.8) is 0 Å². The van der Waals surface area contributed by atoms with Crippen LogP contribution in [0, 0.1) is 0 Å². The second-order valence-corrected chi connectivity index (χ2v) is 4.71. The molecule has 15 heavy (non-hydrogen) atoms. The monoisotopic (exact) mass is 235 g/mol. The Morgan fingerprint density at radius 2 is 2.13 bits per heavy atom. The van der Waals surface area contributed by atoms with Gasteiger partial charge in [0.25, 0.3) is 5.56 Å². The van der Waals surface area contributed by atoms with Crippen LogP contribution >= 0.6 is 22.9 Å². The molecule has 2 heterocycles. The molecule has 0 atom stereocenters. The maximum absolute atomic E-state index is 11.9. The van der Waals surface area contributed by atoms with Crippen LogP contribution in [-0.2, 0) is 0 Å². The molecule has 0 saturated carbocycles. The van der Waals surface area contributed by atoms with Crippen LogP contribution in [0.15, 0.2) is 34.6 Å². The first-order valence-corrected chi connectivity index (χ1v) is 5.89. The molecular formula is C9H5N3OS2. The third-order valence-electron chi connectivity index (χ3n) is 2.01. The third kappa shape index (κ3) is 1.30. The van der Waals surface area contributed by atoms with Crippen LogP contribution in [-0.4, -0.2) is 14.2 Å². The fourth-order valence-corrected chi connectivity index (χ4v) is 2.94. The molecule has 4 nitrogen and oxygen atoms in total. The average Bonchev–Trinajstić information content (AvgIpc) is 2.87. The lowest BCUT2D eigenvalue weighted by Crippen LogP contribution is -2.10. The van der Waals surface area contributed by atoms with Crippen molar-refractivity contribution >= 4 is 33.0 Å². The van der Waals surface area contributed by atoms with Crippen molar-refractivity contribution in [1.29, 1.82) is 0 Å². The highest BCUT2D eigenvalue weighted by Gasteiger charge is 2.10. The average molecular weight is 235 g/mol. The molecule has 0 aliphatic rings. The van der Waals surface area contributed by atoms with Crippen LogP contribution in [0.3, 0.4) is 0 Å². The first-order chi connectivity index (χ1) is 7.36. The number of fused-ring (bicyclic) bond motifs is 1. The maximum atomic E-state index is 11.9. The van der Waals surface area contributed by atoms with Crippen molar-refractivity contribution in [3.8, 4) is 5.13 Å². The summed E-state index contributed by atoms with van der Waals surface area (Å²) < 4.78 is 2.54. The van der Waals surface area contributed by atoms with E-state index in [0.717, 1.165) is 10.1 Å². The van der Waals surface area contributed by atoms with Crippen molar-refractivity contribution in [2.24, 2.45) is 0 Å². The third-order valence-corrected chi connectivity index (χ3v) is 3.88. The van der Waals surface area contributed by atoms with Crippen LogP contribution in [0.1, 0.15) is 0 Å². The first-order valence-electron chi connectivity index (χ1n) is 4.24. The molecule has 0 N–H and O–H groups in total. The number of nitrogens with zero attached hydrogens (tertiary/aromatic N) is 3. The Balaban J connectivity index is 2.38. The van der Waals surface area contributed by atoms with E-state index in [2.05, 4.69) is 10.2 Å². The summed E-state index contributed by atoms with van der Waals surface area (Å²) in [5.41, 5.74) is 1.60. The Labute approximate surface area is 92.6 Å². The van der Waals surface area contributed by atoms with Crippen molar-refractivity contribution in [2.75, 3.05) is 0 Å². The van der Waals surface area contributed by atoms with Gasteiger partial charge in [-0.1, -0.05) is 23.5 Å². The van der Waals surface area contributed by atoms with Gasteiger partial charge in [-0.25, -0.2) is 3.96 Å². The number of aromatic nitrogens is 3. The molecular weight excluding hydrogens is 230 g/mol. The molecule has 74 valence electrons. The normalized spacial score (nSPS) is 10.9. The summed E-state index contributed by atoms with van der Waals surface area (Å²) in [7, 11) is 0. The molecule has 6 heteroatoms. The zero-order chi connectivity index (χ0) is 10.3. The zero-order valence-electron chi connectivity index (χ0n) is 7.45. The first kappa shape index (κ1) is 8.75. The Morgan fingerprint density at radius 1 is 1.27 bits per heavy atom. The lowest BCUT2D eigenvalue weighted by atomic mass is 10.3. The van der Waals surface area contributed by atoms with Crippen LogP contribution in [0.4, 0.5) is 0 Å². The molecule has 3 rings (SSSR count). The Hall–Kier alpha value is -1.53. The largest absolute Gasteiger partial charge is 0.275 e.